The summed E-state index contributed by atoms with van der Waals surface area (Å²) in [5.41, 5.74) is 0. The van der Waals surface area contributed by atoms with Gasteiger partial charge >= 0.3 is 5.97 Å². The Kier molecular flexibility index (Phi) is 7.24. The molecule has 7 atom stereocenters. The number of carboxylic acids is 1. The van der Waals surface area contributed by atoms with Gasteiger partial charge in [-0.1, -0.05) is 41.8 Å². The predicted molar refractivity (Wildman–Crippen MR) is 120 cm³/mol. The number of nitrogens with zero attached hydrogens (tertiary/aromatic N) is 2. The van der Waals surface area contributed by atoms with Crippen molar-refractivity contribution in [3.05, 3.63) is 12.7 Å². The first kappa shape index (κ1) is 23.6. The van der Waals surface area contributed by atoms with Crippen LogP contribution in [0.5, 0.6) is 0 Å². The molecule has 3 unspecified atom stereocenters. The van der Waals surface area contributed by atoms with Gasteiger partial charge in [0.25, 0.3) is 0 Å². The zero-order chi connectivity index (χ0) is 22.2. The van der Waals surface area contributed by atoms with Gasteiger partial charge in [0.2, 0.25) is 11.8 Å². The van der Waals surface area contributed by atoms with Crippen molar-refractivity contribution in [1.82, 2.24) is 9.80 Å². The van der Waals surface area contributed by atoms with Gasteiger partial charge < -0.3 is 20.0 Å². The van der Waals surface area contributed by atoms with Crippen LogP contribution in [-0.4, -0.2) is 84.4 Å². The number of aliphatic hydroxyl groups excluding tert-OH is 1. The van der Waals surface area contributed by atoms with Crippen LogP contribution in [0.1, 0.15) is 39.5 Å². The molecule has 9 heteroatoms. The first-order valence-corrected chi connectivity index (χ1v) is 12.4. The number of amides is 2. The number of thioether (sulfide) groups is 1. The smallest absolute Gasteiger partial charge is 0.308 e. The van der Waals surface area contributed by atoms with Crippen LogP contribution in [-0.2, 0) is 14.4 Å². The van der Waals surface area contributed by atoms with E-state index in [1.54, 1.807) is 17.9 Å². The molecule has 0 radical (unpaired) electrons. The largest absolute Gasteiger partial charge is 0.481 e. The highest BCUT2D eigenvalue weighted by Crippen LogP contribution is 2.68. The number of rotatable bonds is 10. The van der Waals surface area contributed by atoms with Gasteiger partial charge in [-0.3, -0.25) is 14.4 Å². The van der Waals surface area contributed by atoms with Crippen molar-refractivity contribution in [3.8, 4) is 0 Å². The summed E-state index contributed by atoms with van der Waals surface area (Å²) in [6, 6.07) is -1.34. The van der Waals surface area contributed by atoms with E-state index in [-0.39, 0.29) is 28.5 Å². The Hall–Kier alpha value is -1.06. The number of aliphatic hydroxyl groups is 1. The third-order valence-electron chi connectivity index (χ3n) is 6.68. The van der Waals surface area contributed by atoms with E-state index in [4.69, 9.17) is 0 Å². The number of carbonyl (C=O) groups is 3. The highest BCUT2D eigenvalue weighted by atomic mass is 79.9. The van der Waals surface area contributed by atoms with Gasteiger partial charge in [0.1, 0.15) is 6.04 Å². The summed E-state index contributed by atoms with van der Waals surface area (Å²) < 4.78 is -0.788. The zero-order valence-electron chi connectivity index (χ0n) is 17.5. The molecule has 2 bridgehead atoms. The number of fused-ring (bicyclic) bond motifs is 1. The molecule has 3 aliphatic heterocycles. The molecule has 3 fully saturated rings. The number of alkyl halides is 1. The summed E-state index contributed by atoms with van der Waals surface area (Å²) in [6.45, 7) is 8.26. The molecule has 2 amide bonds. The van der Waals surface area contributed by atoms with Crippen molar-refractivity contribution < 1.29 is 24.6 Å². The van der Waals surface area contributed by atoms with Crippen LogP contribution >= 0.6 is 27.7 Å². The molecule has 1 spiro atoms. The monoisotopic (exact) mass is 502 g/mol. The topological polar surface area (TPSA) is 98.2 Å². The highest BCUT2D eigenvalue weighted by molar-refractivity contribution is 9.09. The number of carbonyl (C=O) groups excluding carboxylic acids is 2. The van der Waals surface area contributed by atoms with Gasteiger partial charge in [-0.2, -0.15) is 0 Å². The van der Waals surface area contributed by atoms with Gasteiger partial charge in [0, 0.05) is 23.2 Å². The second-order valence-corrected chi connectivity index (χ2v) is 11.3. The first-order valence-electron chi connectivity index (χ1n) is 10.6. The van der Waals surface area contributed by atoms with E-state index in [0.717, 1.165) is 19.3 Å². The molecule has 0 aromatic carbocycles. The summed E-state index contributed by atoms with van der Waals surface area (Å²) in [4.78, 5) is 42.6. The fourth-order valence-corrected chi connectivity index (χ4v) is 8.95. The minimum Gasteiger partial charge on any atom is -0.481 e. The van der Waals surface area contributed by atoms with E-state index in [0.29, 0.717) is 19.5 Å². The summed E-state index contributed by atoms with van der Waals surface area (Å²) >= 11 is 5.11. The lowest BCUT2D eigenvalue weighted by atomic mass is 9.71. The van der Waals surface area contributed by atoms with Crippen LogP contribution in [0.2, 0.25) is 0 Å². The molecule has 168 valence electrons. The molecule has 3 rings (SSSR count). The van der Waals surface area contributed by atoms with Crippen molar-refractivity contribution >= 4 is 45.5 Å². The van der Waals surface area contributed by atoms with E-state index >= 15 is 0 Å². The molecular formula is C21H31BrN2O5S. The molecule has 30 heavy (non-hydrogen) atoms. The second-order valence-electron chi connectivity index (χ2n) is 8.56. The Bertz CT molecular complexity index is 722. The van der Waals surface area contributed by atoms with Gasteiger partial charge in [-0.25, -0.2) is 0 Å². The number of likely N-dealkylation sites (tertiary alicyclic amines) is 1. The van der Waals surface area contributed by atoms with Crippen LogP contribution in [0.3, 0.4) is 0 Å². The van der Waals surface area contributed by atoms with Gasteiger partial charge in [-0.05, 0) is 19.8 Å². The van der Waals surface area contributed by atoms with Gasteiger partial charge in [0.05, 0.1) is 29.2 Å². The Morgan fingerprint density at radius 1 is 1.47 bits per heavy atom. The summed E-state index contributed by atoms with van der Waals surface area (Å²) in [5.74, 6) is -3.06. The van der Waals surface area contributed by atoms with E-state index in [2.05, 4.69) is 29.4 Å². The van der Waals surface area contributed by atoms with Crippen molar-refractivity contribution in [3.63, 3.8) is 0 Å². The molecule has 0 aromatic rings. The molecule has 0 saturated carbocycles. The highest BCUT2D eigenvalue weighted by Gasteiger charge is 2.76. The van der Waals surface area contributed by atoms with Gasteiger partial charge in [-0.15, -0.1) is 18.3 Å². The second kappa shape index (κ2) is 9.20. The Labute approximate surface area is 190 Å². The Morgan fingerprint density at radius 2 is 2.17 bits per heavy atom. The van der Waals surface area contributed by atoms with Crippen molar-refractivity contribution in [2.24, 2.45) is 11.8 Å². The van der Waals surface area contributed by atoms with Crippen molar-refractivity contribution in [2.45, 2.75) is 66.4 Å². The number of hydrogen-bond donors (Lipinski definition) is 2. The van der Waals surface area contributed by atoms with Crippen molar-refractivity contribution in [2.75, 3.05) is 19.7 Å². The molecule has 3 saturated heterocycles. The van der Waals surface area contributed by atoms with E-state index in [9.17, 15) is 24.6 Å². The quantitative estimate of drug-likeness (QED) is 0.269. The maximum absolute atomic E-state index is 13.8. The summed E-state index contributed by atoms with van der Waals surface area (Å²) in [5, 5.41) is 19.5. The standard InChI is InChI=1S/C21H31BrN2O5S/c1-4-6-7-9-23(8-5-2)19(27)17-21-10-13(22)16(30-21)14(20(28)29)15(21)18(26)24(17)12(3)11-25/h5,12-17,25H,2,4,6-11H2,1,3H3,(H,28,29)/t12-,13?,14+,15+,16+,17?,21?/m1/s1. The maximum atomic E-state index is 13.8. The molecule has 3 aliphatic rings. The fraction of sp³-hybridized carbons (Fsp3) is 0.762. The Morgan fingerprint density at radius 3 is 2.73 bits per heavy atom. The average molecular weight is 503 g/mol. The molecule has 0 aromatic heterocycles. The zero-order valence-corrected chi connectivity index (χ0v) is 19.9. The number of unbranched alkanes of at least 4 members (excludes halogenated alkanes) is 2. The van der Waals surface area contributed by atoms with E-state index < -0.39 is 34.6 Å². The van der Waals surface area contributed by atoms with Crippen molar-refractivity contribution in [1.29, 1.82) is 0 Å². The number of halogens is 1. The first-order chi connectivity index (χ1) is 14.2. The third-order valence-corrected chi connectivity index (χ3v) is 9.90. The average Bonchev–Trinajstić information content (AvgIpc) is 3.30. The fourth-order valence-electron chi connectivity index (χ4n) is 5.36. The Balaban J connectivity index is 2.03. The summed E-state index contributed by atoms with van der Waals surface area (Å²) in [6.07, 6.45) is 5.13. The number of aliphatic carboxylic acids is 1. The SMILES string of the molecule is C=CCN(CCCCC)C(=O)C1N([C@H](C)CO)C(=O)[C@@H]2[C@H](C(=O)O)[C@H]3SC12CC3Br. The normalized spacial score (nSPS) is 35.4. The maximum Gasteiger partial charge on any atom is 0.308 e. The molecule has 3 heterocycles. The van der Waals surface area contributed by atoms with E-state index in [1.165, 1.54) is 16.7 Å². The van der Waals surface area contributed by atoms with Crippen LogP contribution in [0.4, 0.5) is 0 Å². The van der Waals surface area contributed by atoms with Crippen LogP contribution in [0, 0.1) is 11.8 Å². The minimum atomic E-state index is -0.993. The lowest BCUT2D eigenvalue weighted by molar-refractivity contribution is -0.149. The lowest BCUT2D eigenvalue weighted by Crippen LogP contribution is -2.57. The van der Waals surface area contributed by atoms with E-state index in [1.807, 2.05) is 0 Å². The number of hydrogen-bond acceptors (Lipinski definition) is 5. The van der Waals surface area contributed by atoms with Crippen LogP contribution in [0.15, 0.2) is 12.7 Å². The summed E-state index contributed by atoms with van der Waals surface area (Å²) in [7, 11) is 0. The van der Waals surface area contributed by atoms with Crippen LogP contribution < -0.4 is 0 Å². The lowest BCUT2D eigenvalue weighted by Gasteiger charge is -2.39. The number of carboxylic acid groups (broad SMARTS) is 1. The minimum absolute atomic E-state index is 0.0692. The third kappa shape index (κ3) is 3.60. The van der Waals surface area contributed by atoms with Gasteiger partial charge in [0.15, 0.2) is 0 Å². The molecular weight excluding hydrogens is 472 g/mol. The van der Waals surface area contributed by atoms with Crippen LogP contribution in [0.25, 0.3) is 0 Å². The molecule has 7 nitrogen and oxygen atoms in total. The molecule has 2 N–H and O–H groups in total. The molecule has 0 aliphatic carbocycles. The predicted octanol–water partition coefficient (Wildman–Crippen LogP) is 2.12.